The number of thioether (sulfide) groups is 1. The van der Waals surface area contributed by atoms with E-state index in [-0.39, 0.29) is 5.91 Å². The van der Waals surface area contributed by atoms with Crippen LogP contribution in [0.4, 0.5) is 0 Å². The Balaban J connectivity index is 1.71. The first-order valence-electron chi connectivity index (χ1n) is 6.87. The Hall–Kier alpha value is -1.04. The first-order valence-corrected chi connectivity index (χ1v) is 8.02. The van der Waals surface area contributed by atoms with Crippen LogP contribution in [0.5, 0.6) is 0 Å². The Labute approximate surface area is 124 Å². The number of nitrogens with zero attached hydrogens (tertiary/aromatic N) is 1. The average molecular weight is 294 g/mol. The van der Waals surface area contributed by atoms with Crippen LogP contribution in [0.15, 0.2) is 30.3 Å². The van der Waals surface area contributed by atoms with E-state index in [1.54, 1.807) is 11.8 Å². The van der Waals surface area contributed by atoms with Gasteiger partial charge in [-0.25, -0.2) is 0 Å². The standard InChI is InChI=1S/C15H22N2O2S/c1-17(9-13-5-3-2-4-6-13)10-14(18)16-11-15(19)7-8-20-12-15/h2-6,19H,7-12H2,1H3,(H,16,18). The molecular formula is C15H22N2O2S. The molecule has 1 amide bonds. The van der Waals surface area contributed by atoms with E-state index < -0.39 is 5.60 Å². The fourth-order valence-corrected chi connectivity index (χ4v) is 3.55. The first-order chi connectivity index (χ1) is 9.57. The van der Waals surface area contributed by atoms with Crippen molar-refractivity contribution in [3.05, 3.63) is 35.9 Å². The van der Waals surface area contributed by atoms with Crippen molar-refractivity contribution in [2.24, 2.45) is 0 Å². The van der Waals surface area contributed by atoms with E-state index in [1.807, 2.05) is 42.3 Å². The number of rotatable bonds is 6. The molecular weight excluding hydrogens is 272 g/mol. The molecule has 0 spiro atoms. The second kappa shape index (κ2) is 7.11. The molecule has 1 aromatic carbocycles. The molecule has 110 valence electrons. The van der Waals surface area contributed by atoms with Gasteiger partial charge in [0.25, 0.3) is 0 Å². The third-order valence-electron chi connectivity index (χ3n) is 3.41. The smallest absolute Gasteiger partial charge is 0.234 e. The van der Waals surface area contributed by atoms with E-state index in [0.29, 0.717) is 18.8 Å². The van der Waals surface area contributed by atoms with Crippen molar-refractivity contribution in [1.82, 2.24) is 10.2 Å². The van der Waals surface area contributed by atoms with Gasteiger partial charge in [-0.3, -0.25) is 9.69 Å². The maximum absolute atomic E-state index is 11.9. The molecule has 1 heterocycles. The molecule has 1 aliphatic rings. The number of hydrogen-bond acceptors (Lipinski definition) is 4. The van der Waals surface area contributed by atoms with E-state index in [9.17, 15) is 9.90 Å². The lowest BCUT2D eigenvalue weighted by atomic mass is 10.0. The maximum Gasteiger partial charge on any atom is 0.234 e. The second-order valence-electron chi connectivity index (χ2n) is 5.46. The van der Waals surface area contributed by atoms with Gasteiger partial charge in [-0.15, -0.1) is 0 Å². The van der Waals surface area contributed by atoms with Gasteiger partial charge in [0.15, 0.2) is 0 Å². The Kier molecular flexibility index (Phi) is 5.46. The summed E-state index contributed by atoms with van der Waals surface area (Å²) in [6, 6.07) is 10.1. The zero-order chi connectivity index (χ0) is 14.4. The second-order valence-corrected chi connectivity index (χ2v) is 6.57. The van der Waals surface area contributed by atoms with Crippen LogP contribution in [0.2, 0.25) is 0 Å². The highest BCUT2D eigenvalue weighted by atomic mass is 32.2. The van der Waals surface area contributed by atoms with Crippen LogP contribution in [-0.2, 0) is 11.3 Å². The molecule has 20 heavy (non-hydrogen) atoms. The van der Waals surface area contributed by atoms with Crippen molar-refractivity contribution in [3.8, 4) is 0 Å². The van der Waals surface area contributed by atoms with Crippen LogP contribution >= 0.6 is 11.8 Å². The molecule has 0 saturated carbocycles. The Morgan fingerprint density at radius 1 is 1.45 bits per heavy atom. The lowest BCUT2D eigenvalue weighted by Gasteiger charge is -2.23. The highest BCUT2D eigenvalue weighted by molar-refractivity contribution is 7.99. The van der Waals surface area contributed by atoms with Crippen LogP contribution < -0.4 is 5.32 Å². The van der Waals surface area contributed by atoms with Crippen molar-refractivity contribution >= 4 is 17.7 Å². The number of benzene rings is 1. The molecule has 0 aromatic heterocycles. The molecule has 0 bridgehead atoms. The summed E-state index contributed by atoms with van der Waals surface area (Å²) in [5.74, 6) is 1.65. The predicted molar refractivity (Wildman–Crippen MR) is 82.7 cm³/mol. The summed E-state index contributed by atoms with van der Waals surface area (Å²) in [6.45, 7) is 1.45. The Morgan fingerprint density at radius 3 is 2.85 bits per heavy atom. The van der Waals surface area contributed by atoms with Gasteiger partial charge >= 0.3 is 0 Å². The third-order valence-corrected chi connectivity index (χ3v) is 4.64. The molecule has 1 aliphatic heterocycles. The van der Waals surface area contributed by atoms with Crippen molar-refractivity contribution in [1.29, 1.82) is 0 Å². The predicted octanol–water partition coefficient (Wildman–Crippen LogP) is 1.10. The number of carbonyl (C=O) groups is 1. The summed E-state index contributed by atoms with van der Waals surface area (Å²) in [6.07, 6.45) is 0.762. The van der Waals surface area contributed by atoms with Crippen LogP contribution in [0, 0.1) is 0 Å². The van der Waals surface area contributed by atoms with E-state index in [4.69, 9.17) is 0 Å². The van der Waals surface area contributed by atoms with E-state index in [1.165, 1.54) is 5.56 Å². The van der Waals surface area contributed by atoms with E-state index in [2.05, 4.69) is 5.32 Å². The third kappa shape index (κ3) is 4.81. The van der Waals surface area contributed by atoms with Gasteiger partial charge in [0.1, 0.15) is 0 Å². The molecule has 0 radical (unpaired) electrons. The van der Waals surface area contributed by atoms with Gasteiger partial charge in [-0.2, -0.15) is 11.8 Å². The van der Waals surface area contributed by atoms with Gasteiger partial charge in [-0.05, 0) is 24.8 Å². The fourth-order valence-electron chi connectivity index (χ4n) is 2.25. The maximum atomic E-state index is 11.9. The van der Waals surface area contributed by atoms with Crippen molar-refractivity contribution in [3.63, 3.8) is 0 Å². The number of nitrogens with one attached hydrogen (secondary N) is 1. The molecule has 0 aliphatic carbocycles. The highest BCUT2D eigenvalue weighted by Gasteiger charge is 2.31. The van der Waals surface area contributed by atoms with Crippen LogP contribution in [0.3, 0.4) is 0 Å². The van der Waals surface area contributed by atoms with Gasteiger partial charge in [0, 0.05) is 18.8 Å². The molecule has 2 rings (SSSR count). The number of hydrogen-bond donors (Lipinski definition) is 2. The van der Waals surface area contributed by atoms with Gasteiger partial charge in [0.2, 0.25) is 5.91 Å². The quantitative estimate of drug-likeness (QED) is 0.825. The van der Waals surface area contributed by atoms with E-state index in [0.717, 1.165) is 18.7 Å². The molecule has 1 aromatic rings. The number of likely N-dealkylation sites (N-methyl/N-ethyl adjacent to an activating group) is 1. The molecule has 1 fully saturated rings. The SMILES string of the molecule is CN(CC(=O)NCC1(O)CCSC1)Cc1ccccc1. The number of amides is 1. The lowest BCUT2D eigenvalue weighted by Crippen LogP contribution is -2.45. The summed E-state index contributed by atoms with van der Waals surface area (Å²) in [5, 5.41) is 13.0. The molecule has 4 nitrogen and oxygen atoms in total. The number of aliphatic hydroxyl groups is 1. The van der Waals surface area contributed by atoms with Crippen LogP contribution in [0.1, 0.15) is 12.0 Å². The van der Waals surface area contributed by atoms with Crippen molar-refractivity contribution < 1.29 is 9.90 Å². The zero-order valence-electron chi connectivity index (χ0n) is 11.8. The normalized spacial score (nSPS) is 22.1. The monoisotopic (exact) mass is 294 g/mol. The summed E-state index contributed by atoms with van der Waals surface area (Å²) in [7, 11) is 1.92. The summed E-state index contributed by atoms with van der Waals surface area (Å²) < 4.78 is 0. The van der Waals surface area contributed by atoms with Crippen LogP contribution in [0.25, 0.3) is 0 Å². The van der Waals surface area contributed by atoms with Crippen molar-refractivity contribution in [2.45, 2.75) is 18.6 Å². The Bertz CT molecular complexity index is 433. The minimum Gasteiger partial charge on any atom is -0.387 e. The highest BCUT2D eigenvalue weighted by Crippen LogP contribution is 2.26. The fraction of sp³-hybridized carbons (Fsp3) is 0.533. The largest absolute Gasteiger partial charge is 0.387 e. The Morgan fingerprint density at radius 2 is 2.20 bits per heavy atom. The van der Waals surface area contributed by atoms with E-state index >= 15 is 0 Å². The summed E-state index contributed by atoms with van der Waals surface area (Å²) in [4.78, 5) is 13.8. The van der Waals surface area contributed by atoms with Gasteiger partial charge in [0.05, 0.1) is 12.1 Å². The van der Waals surface area contributed by atoms with Crippen molar-refractivity contribution in [2.75, 3.05) is 31.6 Å². The number of carbonyl (C=O) groups excluding carboxylic acids is 1. The molecule has 2 N–H and O–H groups in total. The van der Waals surface area contributed by atoms with Gasteiger partial charge < -0.3 is 10.4 Å². The topological polar surface area (TPSA) is 52.6 Å². The minimum atomic E-state index is -0.710. The lowest BCUT2D eigenvalue weighted by molar-refractivity contribution is -0.123. The molecule has 1 atom stereocenters. The minimum absolute atomic E-state index is 0.0336. The molecule has 1 unspecified atom stereocenters. The molecule has 5 heteroatoms. The summed E-state index contributed by atoms with van der Waals surface area (Å²) in [5.41, 5.74) is 0.479. The zero-order valence-corrected chi connectivity index (χ0v) is 12.7. The van der Waals surface area contributed by atoms with Gasteiger partial charge in [-0.1, -0.05) is 30.3 Å². The first kappa shape index (κ1) is 15.4. The van der Waals surface area contributed by atoms with Crippen LogP contribution in [-0.4, -0.2) is 53.2 Å². The molecule has 1 saturated heterocycles. The summed E-state index contributed by atoms with van der Waals surface area (Å²) >= 11 is 1.74. The average Bonchev–Trinajstić information content (AvgIpc) is 2.85.